The van der Waals surface area contributed by atoms with E-state index in [-0.39, 0.29) is 11.5 Å². The summed E-state index contributed by atoms with van der Waals surface area (Å²) in [6.07, 6.45) is 4.05. The summed E-state index contributed by atoms with van der Waals surface area (Å²) in [4.78, 5) is 33.4. The predicted molar refractivity (Wildman–Crippen MR) is 142 cm³/mol. The molecule has 0 spiro atoms. The summed E-state index contributed by atoms with van der Waals surface area (Å²) in [7, 11) is 0. The van der Waals surface area contributed by atoms with E-state index in [2.05, 4.69) is 21.4 Å². The van der Waals surface area contributed by atoms with E-state index in [1.165, 1.54) is 0 Å². The van der Waals surface area contributed by atoms with Crippen molar-refractivity contribution in [2.24, 2.45) is 0 Å². The highest BCUT2D eigenvalue weighted by Gasteiger charge is 2.10. The minimum Gasteiger partial charge on any atom is -0.384 e. The van der Waals surface area contributed by atoms with Gasteiger partial charge in [-0.05, 0) is 60.4 Å². The summed E-state index contributed by atoms with van der Waals surface area (Å²) in [6.45, 7) is 4.81. The molecule has 0 saturated heterocycles. The monoisotopic (exact) mass is 517 g/mol. The number of nitrogens with one attached hydrogen (secondary N) is 1. The number of hydrogen-bond donors (Lipinski definition) is 2. The SMILES string of the molecule is Cc1cc(Cc2cc(C(=O)NCc3ccc(N)nc3C)ccn2)ccc1Cn1ccccc1=O.O=S=O. The van der Waals surface area contributed by atoms with Crippen LogP contribution in [0, 0.1) is 13.8 Å². The second kappa shape index (κ2) is 13.0. The van der Waals surface area contributed by atoms with Crippen molar-refractivity contribution in [3.63, 3.8) is 0 Å². The van der Waals surface area contributed by atoms with E-state index in [1.54, 1.807) is 41.2 Å². The summed E-state index contributed by atoms with van der Waals surface area (Å²) in [5.41, 5.74) is 12.0. The van der Waals surface area contributed by atoms with Crippen LogP contribution in [0.2, 0.25) is 0 Å². The lowest BCUT2D eigenvalue weighted by Crippen LogP contribution is -2.23. The predicted octanol–water partition coefficient (Wildman–Crippen LogP) is 2.74. The van der Waals surface area contributed by atoms with E-state index in [0.717, 1.165) is 33.6 Å². The van der Waals surface area contributed by atoms with Crippen LogP contribution < -0.4 is 16.6 Å². The van der Waals surface area contributed by atoms with Crippen molar-refractivity contribution < 1.29 is 13.2 Å². The summed E-state index contributed by atoms with van der Waals surface area (Å²) in [5, 5.41) is 2.94. The second-order valence-corrected chi connectivity index (χ2v) is 8.51. The largest absolute Gasteiger partial charge is 0.384 e. The number of pyridine rings is 3. The molecule has 37 heavy (non-hydrogen) atoms. The molecule has 0 radical (unpaired) electrons. The van der Waals surface area contributed by atoms with Gasteiger partial charge >= 0.3 is 11.6 Å². The van der Waals surface area contributed by atoms with Crippen molar-refractivity contribution in [3.05, 3.63) is 123 Å². The number of carbonyl (C=O) groups is 1. The van der Waals surface area contributed by atoms with Gasteiger partial charge in [0.15, 0.2) is 0 Å². The first kappa shape index (κ1) is 27.2. The maximum Gasteiger partial charge on any atom is 0.335 e. The van der Waals surface area contributed by atoms with Gasteiger partial charge in [0.1, 0.15) is 5.82 Å². The molecule has 3 heterocycles. The number of aromatic nitrogens is 3. The van der Waals surface area contributed by atoms with E-state index >= 15 is 0 Å². The molecular formula is C27H27N5O4S. The van der Waals surface area contributed by atoms with E-state index in [1.807, 2.05) is 44.2 Å². The first-order valence-electron chi connectivity index (χ1n) is 11.4. The Bertz CT molecular complexity index is 1500. The topological polar surface area (TPSA) is 137 Å². The molecule has 9 nitrogen and oxygen atoms in total. The average molecular weight is 518 g/mol. The van der Waals surface area contributed by atoms with Crippen LogP contribution in [0.3, 0.4) is 0 Å². The van der Waals surface area contributed by atoms with E-state index in [4.69, 9.17) is 14.2 Å². The molecule has 0 bridgehead atoms. The number of carbonyl (C=O) groups excluding carboxylic acids is 1. The average Bonchev–Trinajstić information content (AvgIpc) is 2.87. The van der Waals surface area contributed by atoms with Gasteiger partial charge in [-0.15, -0.1) is 0 Å². The molecule has 3 aromatic heterocycles. The van der Waals surface area contributed by atoms with E-state index in [9.17, 15) is 9.59 Å². The van der Waals surface area contributed by atoms with Crippen molar-refractivity contribution in [3.8, 4) is 0 Å². The fourth-order valence-electron chi connectivity index (χ4n) is 3.82. The molecule has 1 aromatic carbocycles. The Hall–Kier alpha value is -4.44. The third-order valence-corrected chi connectivity index (χ3v) is 5.77. The van der Waals surface area contributed by atoms with Gasteiger partial charge in [0.25, 0.3) is 11.5 Å². The summed E-state index contributed by atoms with van der Waals surface area (Å²) in [6, 6.07) is 18.5. The Kier molecular flexibility index (Phi) is 9.56. The second-order valence-electron chi connectivity index (χ2n) is 8.37. The van der Waals surface area contributed by atoms with Crippen LogP contribution in [0.25, 0.3) is 0 Å². The zero-order valence-corrected chi connectivity index (χ0v) is 21.3. The van der Waals surface area contributed by atoms with Gasteiger partial charge in [-0.1, -0.05) is 30.3 Å². The van der Waals surface area contributed by atoms with Gasteiger partial charge in [-0.3, -0.25) is 14.6 Å². The molecule has 0 aliphatic heterocycles. The summed E-state index contributed by atoms with van der Waals surface area (Å²) >= 11 is -0.750. The zero-order valence-electron chi connectivity index (χ0n) is 20.5. The third-order valence-electron chi connectivity index (χ3n) is 5.77. The van der Waals surface area contributed by atoms with Crippen LogP contribution in [0.4, 0.5) is 5.82 Å². The van der Waals surface area contributed by atoms with E-state index < -0.39 is 11.6 Å². The maximum atomic E-state index is 12.7. The molecule has 0 saturated carbocycles. The van der Waals surface area contributed by atoms with Crippen LogP contribution in [-0.2, 0) is 31.1 Å². The number of nitrogens with two attached hydrogens (primary N) is 1. The number of benzene rings is 1. The molecule has 0 aliphatic rings. The van der Waals surface area contributed by atoms with Crippen LogP contribution in [0.1, 0.15) is 44.0 Å². The highest BCUT2D eigenvalue weighted by Crippen LogP contribution is 2.16. The Morgan fingerprint density at radius 3 is 2.49 bits per heavy atom. The Morgan fingerprint density at radius 1 is 1.03 bits per heavy atom. The lowest BCUT2D eigenvalue weighted by atomic mass is 10.0. The standard InChI is InChI=1S/C27H27N5O2.O2S/c1-18-13-20(6-7-23(18)17-32-12-4-3-5-26(32)33)14-24-15-21(10-11-29-24)27(34)30-16-22-8-9-25(28)31-19(22)2;1-3-2/h3-13,15H,14,16-17H2,1-2H3,(H2,28,31)(H,30,34);. The van der Waals surface area contributed by atoms with Crippen LogP contribution in [-0.4, -0.2) is 28.9 Å². The summed E-state index contributed by atoms with van der Waals surface area (Å²) in [5.74, 6) is 0.295. The molecule has 4 aromatic rings. The van der Waals surface area contributed by atoms with Gasteiger partial charge < -0.3 is 15.6 Å². The fraction of sp³-hybridized carbons (Fsp3) is 0.185. The number of anilines is 1. The molecule has 4 rings (SSSR count). The van der Waals surface area contributed by atoms with Gasteiger partial charge in [0.05, 0.1) is 6.54 Å². The summed E-state index contributed by atoms with van der Waals surface area (Å²) < 4.78 is 18.3. The molecule has 190 valence electrons. The van der Waals surface area contributed by atoms with Gasteiger partial charge in [0.2, 0.25) is 0 Å². The smallest absolute Gasteiger partial charge is 0.335 e. The number of nitrogen functional groups attached to an aromatic ring is 1. The number of aryl methyl sites for hydroxylation is 2. The maximum absolute atomic E-state index is 12.7. The quantitative estimate of drug-likeness (QED) is 0.384. The molecule has 0 fully saturated rings. The Morgan fingerprint density at radius 2 is 1.78 bits per heavy atom. The molecule has 0 aliphatic carbocycles. The first-order chi connectivity index (χ1) is 17.8. The lowest BCUT2D eigenvalue weighted by Gasteiger charge is -2.11. The Labute approximate surface area is 218 Å². The number of nitrogens with zero attached hydrogens (tertiary/aromatic N) is 3. The third kappa shape index (κ3) is 7.77. The van der Waals surface area contributed by atoms with E-state index in [0.29, 0.717) is 30.9 Å². The molecule has 0 atom stereocenters. The molecule has 1 amide bonds. The van der Waals surface area contributed by atoms with Crippen LogP contribution >= 0.6 is 0 Å². The van der Waals surface area contributed by atoms with Gasteiger partial charge in [-0.25, -0.2) is 4.98 Å². The fourth-order valence-corrected chi connectivity index (χ4v) is 3.82. The van der Waals surface area contributed by atoms with Crippen molar-refractivity contribution in [2.45, 2.75) is 33.4 Å². The first-order valence-corrected chi connectivity index (χ1v) is 12.1. The highest BCUT2D eigenvalue weighted by atomic mass is 32.1. The number of rotatable bonds is 7. The van der Waals surface area contributed by atoms with Crippen LogP contribution in [0.15, 0.2) is 77.9 Å². The highest BCUT2D eigenvalue weighted by molar-refractivity contribution is 7.51. The lowest BCUT2D eigenvalue weighted by molar-refractivity contribution is 0.0950. The Balaban J connectivity index is 0.00000121. The van der Waals surface area contributed by atoms with Gasteiger partial charge in [-0.2, -0.15) is 8.42 Å². The zero-order chi connectivity index (χ0) is 26.8. The molecule has 0 unspecified atom stereocenters. The van der Waals surface area contributed by atoms with Crippen molar-refractivity contribution in [1.29, 1.82) is 0 Å². The normalized spacial score (nSPS) is 10.2. The molecule has 3 N–H and O–H groups in total. The minimum atomic E-state index is -0.750. The van der Waals surface area contributed by atoms with Crippen LogP contribution in [0.5, 0.6) is 0 Å². The minimum absolute atomic E-state index is 0.0203. The molecule has 10 heteroatoms. The van der Waals surface area contributed by atoms with Crippen molar-refractivity contribution >= 4 is 23.3 Å². The van der Waals surface area contributed by atoms with Crippen molar-refractivity contribution in [2.75, 3.05) is 5.73 Å². The van der Waals surface area contributed by atoms with Gasteiger partial charge in [0, 0.05) is 48.4 Å². The number of hydrogen-bond acceptors (Lipinski definition) is 7. The van der Waals surface area contributed by atoms with Crippen molar-refractivity contribution in [1.82, 2.24) is 19.9 Å². The molecular weight excluding hydrogens is 490 g/mol. The number of amides is 1.